The van der Waals surface area contributed by atoms with Crippen molar-refractivity contribution in [1.29, 1.82) is 5.26 Å². The summed E-state index contributed by atoms with van der Waals surface area (Å²) in [5.41, 5.74) is 1.72. The second-order valence-electron chi connectivity index (χ2n) is 2.34. The molecule has 1 N–H and O–H groups in total. The molecular formula is C8H8N2O. The minimum Gasteiger partial charge on any atom is -0.506 e. The Kier molecular flexibility index (Phi) is 1.77. The Morgan fingerprint density at radius 2 is 2.18 bits per heavy atom. The van der Waals surface area contributed by atoms with Crippen LogP contribution in [0.5, 0.6) is 5.75 Å². The van der Waals surface area contributed by atoms with Gasteiger partial charge in [-0.05, 0) is 13.8 Å². The molecule has 0 aliphatic rings. The van der Waals surface area contributed by atoms with Crippen LogP contribution in [0.3, 0.4) is 0 Å². The van der Waals surface area contributed by atoms with Gasteiger partial charge in [-0.1, -0.05) is 0 Å². The number of pyridine rings is 1. The third-order valence-corrected chi connectivity index (χ3v) is 1.61. The summed E-state index contributed by atoms with van der Waals surface area (Å²) in [7, 11) is 0. The fourth-order valence-corrected chi connectivity index (χ4v) is 0.884. The van der Waals surface area contributed by atoms with Crippen molar-refractivity contribution in [3.05, 3.63) is 23.0 Å². The smallest absolute Gasteiger partial charge is 0.138 e. The van der Waals surface area contributed by atoms with Crippen LogP contribution in [0.4, 0.5) is 0 Å². The molecule has 3 heteroatoms. The van der Waals surface area contributed by atoms with Crippen LogP contribution in [0.25, 0.3) is 0 Å². The fourth-order valence-electron chi connectivity index (χ4n) is 0.884. The van der Waals surface area contributed by atoms with Crippen LogP contribution in [0, 0.1) is 25.2 Å². The third kappa shape index (κ3) is 1.15. The molecule has 1 aromatic rings. The van der Waals surface area contributed by atoms with Crippen molar-refractivity contribution >= 4 is 0 Å². The molecular weight excluding hydrogens is 140 g/mol. The largest absolute Gasteiger partial charge is 0.506 e. The number of rotatable bonds is 0. The number of aromatic hydroxyl groups is 1. The maximum atomic E-state index is 9.14. The van der Waals surface area contributed by atoms with E-state index >= 15 is 0 Å². The summed E-state index contributed by atoms with van der Waals surface area (Å²) in [5.74, 6) is 0.0761. The van der Waals surface area contributed by atoms with E-state index in [-0.39, 0.29) is 5.75 Å². The van der Waals surface area contributed by atoms with E-state index in [0.29, 0.717) is 16.8 Å². The van der Waals surface area contributed by atoms with Gasteiger partial charge in [0, 0.05) is 5.56 Å². The monoisotopic (exact) mass is 148 g/mol. The van der Waals surface area contributed by atoms with E-state index < -0.39 is 0 Å². The minimum atomic E-state index is 0.0761. The highest BCUT2D eigenvalue weighted by atomic mass is 16.3. The predicted molar refractivity (Wildman–Crippen MR) is 40.1 cm³/mol. The quantitative estimate of drug-likeness (QED) is 0.602. The van der Waals surface area contributed by atoms with Crippen molar-refractivity contribution in [2.75, 3.05) is 0 Å². The van der Waals surface area contributed by atoms with E-state index in [0.717, 1.165) is 0 Å². The predicted octanol–water partition coefficient (Wildman–Crippen LogP) is 1.28. The Bertz CT molecular complexity index is 326. The number of hydrogen-bond donors (Lipinski definition) is 1. The van der Waals surface area contributed by atoms with E-state index in [9.17, 15) is 0 Å². The van der Waals surface area contributed by atoms with Gasteiger partial charge in [0.25, 0.3) is 0 Å². The molecule has 0 atom stereocenters. The number of hydrogen-bond acceptors (Lipinski definition) is 3. The molecule has 11 heavy (non-hydrogen) atoms. The Hall–Kier alpha value is -1.56. The Labute approximate surface area is 64.9 Å². The highest BCUT2D eigenvalue weighted by molar-refractivity contribution is 5.45. The number of nitriles is 1. The normalized spacial score (nSPS) is 9.18. The van der Waals surface area contributed by atoms with Crippen molar-refractivity contribution in [1.82, 2.24) is 4.98 Å². The van der Waals surface area contributed by atoms with Gasteiger partial charge in [0.15, 0.2) is 0 Å². The van der Waals surface area contributed by atoms with Gasteiger partial charge < -0.3 is 5.11 Å². The zero-order valence-corrected chi connectivity index (χ0v) is 6.42. The van der Waals surface area contributed by atoms with Crippen LogP contribution < -0.4 is 0 Å². The molecule has 0 radical (unpaired) electrons. The van der Waals surface area contributed by atoms with Gasteiger partial charge in [0.1, 0.15) is 11.8 Å². The van der Waals surface area contributed by atoms with E-state index in [4.69, 9.17) is 10.4 Å². The van der Waals surface area contributed by atoms with E-state index in [1.54, 1.807) is 13.8 Å². The molecule has 0 aromatic carbocycles. The molecule has 1 heterocycles. The zero-order valence-electron chi connectivity index (χ0n) is 6.42. The second kappa shape index (κ2) is 2.59. The average Bonchev–Trinajstić information content (AvgIpc) is 1.99. The summed E-state index contributed by atoms with van der Waals surface area (Å²) in [6.07, 6.45) is 1.35. The first-order valence-electron chi connectivity index (χ1n) is 3.22. The first-order valence-corrected chi connectivity index (χ1v) is 3.22. The summed E-state index contributed by atoms with van der Waals surface area (Å²) < 4.78 is 0. The molecule has 0 saturated carbocycles. The number of aryl methyl sites for hydroxylation is 1. The van der Waals surface area contributed by atoms with Gasteiger partial charge in [0.2, 0.25) is 0 Å². The maximum Gasteiger partial charge on any atom is 0.138 e. The Morgan fingerprint density at radius 3 is 2.64 bits per heavy atom. The Balaban J connectivity index is 3.44. The first-order chi connectivity index (χ1) is 5.16. The van der Waals surface area contributed by atoms with Crippen LogP contribution >= 0.6 is 0 Å². The van der Waals surface area contributed by atoms with Gasteiger partial charge in [-0.3, -0.25) is 4.98 Å². The molecule has 0 bridgehead atoms. The van der Waals surface area contributed by atoms with E-state index in [2.05, 4.69) is 4.98 Å². The molecule has 0 saturated heterocycles. The second-order valence-corrected chi connectivity index (χ2v) is 2.34. The molecule has 3 nitrogen and oxygen atoms in total. The van der Waals surface area contributed by atoms with Crippen LogP contribution in [0.15, 0.2) is 6.20 Å². The van der Waals surface area contributed by atoms with Crippen LogP contribution in [0.2, 0.25) is 0 Å². The number of nitrogens with zero attached hydrogens (tertiary/aromatic N) is 2. The topological polar surface area (TPSA) is 56.9 Å². The lowest BCUT2D eigenvalue weighted by atomic mass is 10.1. The summed E-state index contributed by atoms with van der Waals surface area (Å²) in [6.45, 7) is 3.44. The van der Waals surface area contributed by atoms with E-state index in [1.165, 1.54) is 6.20 Å². The lowest BCUT2D eigenvalue weighted by Crippen LogP contribution is -1.91. The summed E-state index contributed by atoms with van der Waals surface area (Å²) in [6, 6.07) is 1.98. The van der Waals surface area contributed by atoms with Crippen molar-refractivity contribution in [2.24, 2.45) is 0 Å². The van der Waals surface area contributed by atoms with Gasteiger partial charge in [-0.25, -0.2) is 0 Å². The zero-order chi connectivity index (χ0) is 8.43. The SMILES string of the molecule is Cc1ncc(O)c(C)c1C#N. The summed E-state index contributed by atoms with van der Waals surface area (Å²) in [4.78, 5) is 3.84. The van der Waals surface area contributed by atoms with E-state index in [1.807, 2.05) is 6.07 Å². The van der Waals surface area contributed by atoms with Gasteiger partial charge in [0.05, 0.1) is 17.5 Å². The number of aromatic nitrogens is 1. The molecule has 0 unspecified atom stereocenters. The van der Waals surface area contributed by atoms with Crippen molar-refractivity contribution in [2.45, 2.75) is 13.8 Å². The molecule has 1 rings (SSSR count). The van der Waals surface area contributed by atoms with Gasteiger partial charge >= 0.3 is 0 Å². The third-order valence-electron chi connectivity index (χ3n) is 1.61. The lowest BCUT2D eigenvalue weighted by molar-refractivity contribution is 0.467. The fraction of sp³-hybridized carbons (Fsp3) is 0.250. The summed E-state index contributed by atoms with van der Waals surface area (Å²) in [5, 5.41) is 17.8. The molecule has 0 aliphatic heterocycles. The highest BCUT2D eigenvalue weighted by Gasteiger charge is 2.05. The molecule has 1 aromatic heterocycles. The highest BCUT2D eigenvalue weighted by Crippen LogP contribution is 2.19. The van der Waals surface area contributed by atoms with Crippen molar-refractivity contribution < 1.29 is 5.11 Å². The molecule has 0 spiro atoms. The summed E-state index contributed by atoms with van der Waals surface area (Å²) >= 11 is 0. The molecule has 56 valence electrons. The standard InChI is InChI=1S/C8H8N2O/c1-5-7(3-9)6(2)10-4-8(5)11/h4,11H,1-2H3. The van der Waals surface area contributed by atoms with Crippen molar-refractivity contribution in [3.8, 4) is 11.8 Å². The van der Waals surface area contributed by atoms with Crippen LogP contribution in [-0.4, -0.2) is 10.1 Å². The van der Waals surface area contributed by atoms with Crippen molar-refractivity contribution in [3.63, 3.8) is 0 Å². The average molecular weight is 148 g/mol. The molecule has 0 fully saturated rings. The first kappa shape index (κ1) is 7.55. The van der Waals surface area contributed by atoms with Gasteiger partial charge in [-0.15, -0.1) is 0 Å². The van der Waals surface area contributed by atoms with Gasteiger partial charge in [-0.2, -0.15) is 5.26 Å². The lowest BCUT2D eigenvalue weighted by Gasteiger charge is -2.01. The molecule has 0 aliphatic carbocycles. The maximum absolute atomic E-state index is 9.14. The molecule has 0 amide bonds. The van der Waals surface area contributed by atoms with Crippen LogP contribution in [0.1, 0.15) is 16.8 Å². The Morgan fingerprint density at radius 1 is 1.55 bits per heavy atom. The minimum absolute atomic E-state index is 0.0761. The van der Waals surface area contributed by atoms with Crippen LogP contribution in [-0.2, 0) is 0 Å².